The van der Waals surface area contributed by atoms with E-state index in [0.29, 0.717) is 21.0 Å². The molecular formula is C26H54S. The first-order chi connectivity index (χ1) is 11.9. The molecule has 0 aromatic rings. The van der Waals surface area contributed by atoms with E-state index in [2.05, 4.69) is 119 Å². The molecule has 0 aliphatic heterocycles. The van der Waals surface area contributed by atoms with E-state index in [1.807, 2.05) is 39.5 Å². The van der Waals surface area contributed by atoms with E-state index >= 15 is 0 Å². The van der Waals surface area contributed by atoms with Crippen LogP contribution in [0.3, 0.4) is 0 Å². The van der Waals surface area contributed by atoms with Crippen molar-refractivity contribution in [1.82, 2.24) is 0 Å². The third-order valence-corrected chi connectivity index (χ3v) is 3.27. The fourth-order valence-electron chi connectivity index (χ4n) is 1.13. The quantitative estimate of drug-likeness (QED) is 0.417. The van der Waals surface area contributed by atoms with Gasteiger partial charge in [-0.1, -0.05) is 141 Å². The second-order valence-electron chi connectivity index (χ2n) is 10.3. The first kappa shape index (κ1) is 34.1. The van der Waals surface area contributed by atoms with Crippen molar-refractivity contribution in [2.45, 2.75) is 116 Å². The third-order valence-electron chi connectivity index (χ3n) is 2.29. The SMILES string of the molecule is CC.CC.CC(C)(C)/C=C\C=C/C(C)(C)C.CC(C)(C)/C=C\SC(C)(C)C. The highest BCUT2D eigenvalue weighted by atomic mass is 32.2. The fraction of sp³-hybridized carbons (Fsp3) is 0.769. The molecule has 0 aromatic carbocycles. The van der Waals surface area contributed by atoms with Gasteiger partial charge < -0.3 is 0 Å². The molecule has 0 unspecified atom stereocenters. The minimum Gasteiger partial charge on any atom is -0.128 e. The predicted molar refractivity (Wildman–Crippen MR) is 136 cm³/mol. The highest BCUT2D eigenvalue weighted by Gasteiger charge is 2.09. The topological polar surface area (TPSA) is 0 Å². The number of rotatable bonds is 2. The van der Waals surface area contributed by atoms with Crippen molar-refractivity contribution in [3.05, 3.63) is 35.8 Å². The van der Waals surface area contributed by atoms with Crippen LogP contribution in [0.2, 0.25) is 0 Å². The molecule has 0 bridgehead atoms. The van der Waals surface area contributed by atoms with Gasteiger partial charge in [-0.3, -0.25) is 0 Å². The summed E-state index contributed by atoms with van der Waals surface area (Å²) in [6.45, 7) is 34.5. The largest absolute Gasteiger partial charge is 0.128 e. The molecule has 0 aliphatic carbocycles. The summed E-state index contributed by atoms with van der Waals surface area (Å²) in [7, 11) is 0. The second-order valence-corrected chi connectivity index (χ2v) is 12.1. The van der Waals surface area contributed by atoms with E-state index in [4.69, 9.17) is 0 Å². The summed E-state index contributed by atoms with van der Waals surface area (Å²) in [6.07, 6.45) is 10.9. The van der Waals surface area contributed by atoms with E-state index in [1.54, 1.807) is 0 Å². The van der Waals surface area contributed by atoms with Crippen molar-refractivity contribution < 1.29 is 0 Å². The Morgan fingerprint density at radius 2 is 0.704 bits per heavy atom. The highest BCUT2D eigenvalue weighted by molar-refractivity contribution is 8.03. The molecule has 0 radical (unpaired) electrons. The van der Waals surface area contributed by atoms with Gasteiger partial charge in [0.25, 0.3) is 0 Å². The van der Waals surface area contributed by atoms with Crippen LogP contribution in [0.4, 0.5) is 0 Å². The molecular weight excluding hydrogens is 344 g/mol. The maximum Gasteiger partial charge on any atom is 0.0116 e. The van der Waals surface area contributed by atoms with Crippen molar-refractivity contribution >= 4 is 11.8 Å². The lowest BCUT2D eigenvalue weighted by atomic mass is 9.94. The Morgan fingerprint density at radius 1 is 0.444 bits per heavy atom. The maximum atomic E-state index is 2.25. The fourth-order valence-corrected chi connectivity index (χ4v) is 2.02. The van der Waals surface area contributed by atoms with E-state index in [0.717, 1.165) is 0 Å². The number of allylic oxidation sites excluding steroid dienone is 5. The zero-order valence-electron chi connectivity index (χ0n) is 21.9. The molecule has 0 atom stereocenters. The first-order valence-electron chi connectivity index (χ1n) is 10.6. The molecule has 0 rings (SSSR count). The predicted octanol–water partition coefficient (Wildman–Crippen LogP) is 10.3. The van der Waals surface area contributed by atoms with Crippen LogP contribution in [0.5, 0.6) is 0 Å². The Balaban J connectivity index is -0.000000165. The maximum absolute atomic E-state index is 2.25. The third kappa shape index (κ3) is 51.7. The Morgan fingerprint density at radius 3 is 0.889 bits per heavy atom. The molecule has 0 fully saturated rings. The van der Waals surface area contributed by atoms with Crippen LogP contribution >= 0.6 is 11.8 Å². The number of hydrogen-bond acceptors (Lipinski definition) is 1. The Kier molecular flexibility index (Phi) is 20.9. The van der Waals surface area contributed by atoms with Gasteiger partial charge in [0.05, 0.1) is 0 Å². The minimum absolute atomic E-state index is 0.294. The monoisotopic (exact) mass is 398 g/mol. The van der Waals surface area contributed by atoms with Gasteiger partial charge in [0.1, 0.15) is 0 Å². The zero-order valence-corrected chi connectivity index (χ0v) is 22.7. The van der Waals surface area contributed by atoms with Crippen LogP contribution in [0.25, 0.3) is 0 Å². The summed E-state index contributed by atoms with van der Waals surface area (Å²) in [5.41, 5.74) is 0.905. The molecule has 0 spiro atoms. The van der Waals surface area contributed by atoms with Gasteiger partial charge in [0.2, 0.25) is 0 Å². The molecule has 0 N–H and O–H groups in total. The van der Waals surface area contributed by atoms with E-state index in [1.165, 1.54) is 0 Å². The Bertz CT molecular complexity index is 360. The van der Waals surface area contributed by atoms with Crippen molar-refractivity contribution in [2.24, 2.45) is 16.2 Å². The Labute approximate surface area is 179 Å². The molecule has 0 aromatic heterocycles. The zero-order chi connectivity index (χ0) is 22.9. The molecule has 164 valence electrons. The molecule has 1 heteroatoms. The van der Waals surface area contributed by atoms with E-state index in [-0.39, 0.29) is 0 Å². The highest BCUT2D eigenvalue weighted by Crippen LogP contribution is 2.26. The van der Waals surface area contributed by atoms with Crippen LogP contribution in [-0.2, 0) is 0 Å². The number of hydrogen-bond donors (Lipinski definition) is 0. The lowest BCUT2D eigenvalue weighted by Crippen LogP contribution is -2.05. The lowest BCUT2D eigenvalue weighted by molar-refractivity contribution is 0.539. The van der Waals surface area contributed by atoms with Gasteiger partial charge in [-0.05, 0) is 21.7 Å². The van der Waals surface area contributed by atoms with Crippen LogP contribution in [-0.4, -0.2) is 4.75 Å². The smallest absolute Gasteiger partial charge is 0.0116 e. The van der Waals surface area contributed by atoms with Crippen LogP contribution in [0, 0.1) is 16.2 Å². The van der Waals surface area contributed by atoms with E-state index in [9.17, 15) is 0 Å². The van der Waals surface area contributed by atoms with Gasteiger partial charge in [-0.15, -0.1) is 11.8 Å². The van der Waals surface area contributed by atoms with Gasteiger partial charge in [-0.25, -0.2) is 0 Å². The summed E-state index contributed by atoms with van der Waals surface area (Å²) in [6, 6.07) is 0. The minimum atomic E-state index is 0.294. The summed E-state index contributed by atoms with van der Waals surface area (Å²) in [4.78, 5) is 0. The van der Waals surface area contributed by atoms with Crippen LogP contribution < -0.4 is 0 Å². The second kappa shape index (κ2) is 16.5. The number of thioether (sulfide) groups is 1. The average molecular weight is 399 g/mol. The first-order valence-corrected chi connectivity index (χ1v) is 11.5. The Hall–Kier alpha value is -0.430. The van der Waals surface area contributed by atoms with Gasteiger partial charge in [-0.2, -0.15) is 0 Å². The standard InChI is InChI=1S/C12H22.C10H20S.2C2H6/c1-11(2,3)9-7-8-10-12(4,5)6;1-9(2,3)7-8-11-10(4,5)6;2*1-2/h7-10H,1-6H3;7-8H,1-6H3;2*1-2H3/b9-7-,10-8-;8-7-;;. The van der Waals surface area contributed by atoms with E-state index < -0.39 is 0 Å². The average Bonchev–Trinajstić information content (AvgIpc) is 2.44. The molecule has 0 nitrogen and oxygen atoms in total. The molecule has 0 aliphatic rings. The lowest BCUT2D eigenvalue weighted by Gasteiger charge is -2.16. The van der Waals surface area contributed by atoms with Crippen molar-refractivity contribution in [3.8, 4) is 0 Å². The summed E-state index contributed by atoms with van der Waals surface area (Å²) >= 11 is 1.88. The van der Waals surface area contributed by atoms with Crippen molar-refractivity contribution in [3.63, 3.8) is 0 Å². The molecule has 0 saturated heterocycles. The summed E-state index contributed by atoms with van der Waals surface area (Å²) in [5.74, 6) is 0. The van der Waals surface area contributed by atoms with Crippen LogP contribution in [0.1, 0.15) is 111 Å². The molecule has 0 amide bonds. The molecule has 0 heterocycles. The van der Waals surface area contributed by atoms with Crippen molar-refractivity contribution in [1.29, 1.82) is 0 Å². The molecule has 27 heavy (non-hydrogen) atoms. The van der Waals surface area contributed by atoms with Gasteiger partial charge >= 0.3 is 0 Å². The van der Waals surface area contributed by atoms with Gasteiger partial charge in [0.15, 0.2) is 0 Å². The van der Waals surface area contributed by atoms with Crippen LogP contribution in [0.15, 0.2) is 35.8 Å². The van der Waals surface area contributed by atoms with Gasteiger partial charge in [0, 0.05) is 4.75 Å². The summed E-state index contributed by atoms with van der Waals surface area (Å²) in [5, 5.41) is 2.21. The molecule has 0 saturated carbocycles. The van der Waals surface area contributed by atoms with Crippen molar-refractivity contribution in [2.75, 3.05) is 0 Å². The normalized spacial score (nSPS) is 12.9. The summed E-state index contributed by atoms with van der Waals surface area (Å²) < 4.78 is 0.349.